The smallest absolute Gasteiger partial charge is 0.338 e. The van der Waals surface area contributed by atoms with Crippen LogP contribution in [0.3, 0.4) is 0 Å². The minimum Gasteiger partial charge on any atom is -0.452 e. The summed E-state index contributed by atoms with van der Waals surface area (Å²) in [7, 11) is 0. The number of carbonyl (C=O) groups excluding carboxylic acids is 2. The molecule has 0 spiro atoms. The van der Waals surface area contributed by atoms with Gasteiger partial charge in [0.2, 0.25) is 12.3 Å². The molecule has 7 nitrogen and oxygen atoms in total. The van der Waals surface area contributed by atoms with Crippen molar-refractivity contribution in [2.24, 2.45) is 0 Å². The molecule has 0 aliphatic rings. The van der Waals surface area contributed by atoms with Crippen LogP contribution in [0.1, 0.15) is 21.5 Å². The Labute approximate surface area is 156 Å². The Balaban J connectivity index is 1.43. The fourth-order valence-electron chi connectivity index (χ4n) is 2.54. The third-order valence-electron chi connectivity index (χ3n) is 4.04. The highest BCUT2D eigenvalue weighted by molar-refractivity contribution is 5.91. The van der Waals surface area contributed by atoms with Gasteiger partial charge in [0.1, 0.15) is 0 Å². The SMILES string of the molecule is Cc1ccccc1CCNC(=O)COC(=O)c1ccc(-c2nnco2)cc1. The van der Waals surface area contributed by atoms with Gasteiger partial charge in [0.15, 0.2) is 6.61 Å². The molecule has 0 aliphatic heterocycles. The van der Waals surface area contributed by atoms with E-state index in [1.165, 1.54) is 17.5 Å². The molecule has 1 heterocycles. The van der Waals surface area contributed by atoms with Crippen molar-refractivity contribution in [1.82, 2.24) is 15.5 Å². The van der Waals surface area contributed by atoms with Gasteiger partial charge < -0.3 is 14.5 Å². The molecule has 0 aliphatic carbocycles. The van der Waals surface area contributed by atoms with Crippen LogP contribution in [0.15, 0.2) is 59.3 Å². The number of nitrogens with one attached hydrogen (secondary N) is 1. The lowest BCUT2D eigenvalue weighted by molar-refractivity contribution is -0.124. The number of benzene rings is 2. The summed E-state index contributed by atoms with van der Waals surface area (Å²) < 4.78 is 10.1. The number of hydrogen-bond acceptors (Lipinski definition) is 6. The van der Waals surface area contributed by atoms with Crippen molar-refractivity contribution in [3.05, 3.63) is 71.6 Å². The van der Waals surface area contributed by atoms with E-state index in [0.29, 0.717) is 23.6 Å². The van der Waals surface area contributed by atoms with Crippen LogP contribution in [-0.2, 0) is 16.0 Å². The molecule has 0 unspecified atom stereocenters. The van der Waals surface area contributed by atoms with Gasteiger partial charge in [-0.3, -0.25) is 4.79 Å². The van der Waals surface area contributed by atoms with Gasteiger partial charge in [-0.1, -0.05) is 24.3 Å². The molecule has 138 valence electrons. The van der Waals surface area contributed by atoms with Gasteiger partial charge >= 0.3 is 5.97 Å². The number of amides is 1. The Morgan fingerprint density at radius 2 is 1.89 bits per heavy atom. The molecular weight excluding hydrogens is 346 g/mol. The summed E-state index contributed by atoms with van der Waals surface area (Å²) in [5, 5.41) is 10.1. The highest BCUT2D eigenvalue weighted by atomic mass is 16.5. The molecule has 1 N–H and O–H groups in total. The lowest BCUT2D eigenvalue weighted by Gasteiger charge is -2.08. The van der Waals surface area contributed by atoms with Crippen LogP contribution in [0.4, 0.5) is 0 Å². The standard InChI is InChI=1S/C20H19N3O4/c1-14-4-2-3-5-15(14)10-11-21-18(24)12-26-20(25)17-8-6-16(7-9-17)19-23-22-13-27-19/h2-9,13H,10-12H2,1H3,(H,21,24). The fraction of sp³-hybridized carbons (Fsp3) is 0.200. The summed E-state index contributed by atoms with van der Waals surface area (Å²) >= 11 is 0. The summed E-state index contributed by atoms with van der Waals surface area (Å²) in [6, 6.07) is 14.5. The van der Waals surface area contributed by atoms with Crippen LogP contribution in [0.25, 0.3) is 11.5 Å². The molecular formula is C20H19N3O4. The van der Waals surface area contributed by atoms with Crippen molar-refractivity contribution >= 4 is 11.9 Å². The summed E-state index contributed by atoms with van der Waals surface area (Å²) in [6.45, 7) is 2.20. The summed E-state index contributed by atoms with van der Waals surface area (Å²) in [6.07, 6.45) is 1.96. The van der Waals surface area contributed by atoms with E-state index >= 15 is 0 Å². The average Bonchev–Trinajstić information content (AvgIpc) is 3.22. The maximum Gasteiger partial charge on any atom is 0.338 e. The van der Waals surface area contributed by atoms with Crippen molar-refractivity contribution in [1.29, 1.82) is 0 Å². The van der Waals surface area contributed by atoms with E-state index in [1.54, 1.807) is 24.3 Å². The summed E-state index contributed by atoms with van der Waals surface area (Å²) in [5.41, 5.74) is 3.39. The van der Waals surface area contributed by atoms with Crippen molar-refractivity contribution in [3.8, 4) is 11.5 Å². The molecule has 0 radical (unpaired) electrons. The van der Waals surface area contributed by atoms with E-state index in [4.69, 9.17) is 9.15 Å². The molecule has 27 heavy (non-hydrogen) atoms. The molecule has 1 aromatic heterocycles. The fourth-order valence-corrected chi connectivity index (χ4v) is 2.54. The number of hydrogen-bond donors (Lipinski definition) is 1. The van der Waals surface area contributed by atoms with Gasteiger partial charge in [0.05, 0.1) is 5.56 Å². The van der Waals surface area contributed by atoms with Gasteiger partial charge in [-0.15, -0.1) is 10.2 Å². The van der Waals surface area contributed by atoms with Gasteiger partial charge in [0.25, 0.3) is 5.91 Å². The Hall–Kier alpha value is -3.48. The first-order valence-electron chi connectivity index (χ1n) is 8.48. The van der Waals surface area contributed by atoms with Gasteiger partial charge in [-0.05, 0) is 48.7 Å². The third-order valence-corrected chi connectivity index (χ3v) is 4.04. The second-order valence-electron chi connectivity index (χ2n) is 5.92. The van der Waals surface area contributed by atoms with Crippen molar-refractivity contribution < 1.29 is 18.7 Å². The molecule has 1 amide bonds. The molecule has 0 saturated heterocycles. The number of esters is 1. The molecule has 2 aromatic carbocycles. The maximum atomic E-state index is 12.0. The van der Waals surface area contributed by atoms with E-state index in [-0.39, 0.29) is 12.5 Å². The topological polar surface area (TPSA) is 94.3 Å². The average molecular weight is 365 g/mol. The molecule has 7 heteroatoms. The van der Waals surface area contributed by atoms with Crippen LogP contribution in [0, 0.1) is 6.92 Å². The summed E-state index contributed by atoms with van der Waals surface area (Å²) in [4.78, 5) is 23.9. The first-order valence-corrected chi connectivity index (χ1v) is 8.48. The number of ether oxygens (including phenoxy) is 1. The number of nitrogens with zero attached hydrogens (tertiary/aromatic N) is 2. The Morgan fingerprint density at radius 3 is 2.59 bits per heavy atom. The van der Waals surface area contributed by atoms with E-state index < -0.39 is 5.97 Å². The molecule has 0 fully saturated rings. The van der Waals surface area contributed by atoms with E-state index in [1.807, 2.05) is 31.2 Å². The highest BCUT2D eigenvalue weighted by Crippen LogP contribution is 2.17. The van der Waals surface area contributed by atoms with Crippen molar-refractivity contribution in [2.75, 3.05) is 13.2 Å². The Kier molecular flexibility index (Phi) is 5.94. The molecule has 0 atom stereocenters. The predicted molar refractivity (Wildman–Crippen MR) is 97.9 cm³/mol. The minimum absolute atomic E-state index is 0.321. The second-order valence-corrected chi connectivity index (χ2v) is 5.92. The summed E-state index contributed by atoms with van der Waals surface area (Å²) in [5.74, 6) is -0.538. The Morgan fingerprint density at radius 1 is 1.11 bits per heavy atom. The minimum atomic E-state index is -0.568. The Bertz CT molecular complexity index is 905. The molecule has 3 aromatic rings. The maximum absolute atomic E-state index is 12.0. The van der Waals surface area contributed by atoms with Crippen LogP contribution >= 0.6 is 0 Å². The third kappa shape index (κ3) is 5.01. The zero-order valence-electron chi connectivity index (χ0n) is 14.8. The second kappa shape index (κ2) is 8.75. The molecule has 0 bridgehead atoms. The van der Waals surface area contributed by atoms with E-state index in [2.05, 4.69) is 15.5 Å². The lowest BCUT2D eigenvalue weighted by atomic mass is 10.1. The van der Waals surface area contributed by atoms with Crippen molar-refractivity contribution in [3.63, 3.8) is 0 Å². The van der Waals surface area contributed by atoms with Gasteiger partial charge in [-0.2, -0.15) is 0 Å². The van der Waals surface area contributed by atoms with Crippen LogP contribution in [0.2, 0.25) is 0 Å². The monoisotopic (exact) mass is 365 g/mol. The van der Waals surface area contributed by atoms with Gasteiger partial charge in [0, 0.05) is 12.1 Å². The number of rotatable bonds is 7. The quantitative estimate of drug-likeness (QED) is 0.647. The largest absolute Gasteiger partial charge is 0.452 e. The first kappa shape index (κ1) is 18.3. The molecule has 3 rings (SSSR count). The molecule has 0 saturated carbocycles. The zero-order valence-corrected chi connectivity index (χ0v) is 14.8. The number of carbonyl (C=O) groups is 2. The van der Waals surface area contributed by atoms with Crippen LogP contribution in [-0.4, -0.2) is 35.2 Å². The highest BCUT2D eigenvalue weighted by Gasteiger charge is 2.11. The van der Waals surface area contributed by atoms with Crippen molar-refractivity contribution in [2.45, 2.75) is 13.3 Å². The van der Waals surface area contributed by atoms with E-state index in [9.17, 15) is 9.59 Å². The van der Waals surface area contributed by atoms with Crippen LogP contribution < -0.4 is 5.32 Å². The predicted octanol–water partition coefficient (Wildman–Crippen LogP) is 2.56. The van der Waals surface area contributed by atoms with Gasteiger partial charge in [-0.25, -0.2) is 4.79 Å². The number of aryl methyl sites for hydroxylation is 1. The van der Waals surface area contributed by atoms with E-state index in [0.717, 1.165) is 6.42 Å². The first-order chi connectivity index (χ1) is 13.1. The number of aromatic nitrogens is 2. The normalized spacial score (nSPS) is 10.4. The lowest BCUT2D eigenvalue weighted by Crippen LogP contribution is -2.30. The van der Waals surface area contributed by atoms with Crippen LogP contribution in [0.5, 0.6) is 0 Å². The zero-order chi connectivity index (χ0) is 19.1.